The molecule has 0 aromatic heterocycles. The maximum Gasteiger partial charge on any atom is 0.328 e. The van der Waals surface area contributed by atoms with Crippen LogP contribution in [-0.4, -0.2) is 28.0 Å². The molecule has 2 N–H and O–H groups in total. The topological polar surface area (TPSA) is 75.3 Å². The van der Waals surface area contributed by atoms with Gasteiger partial charge in [0, 0.05) is 10.2 Å². The van der Waals surface area contributed by atoms with Gasteiger partial charge in [0.05, 0.1) is 0 Å². The second-order valence-electron chi connectivity index (χ2n) is 4.46. The first-order chi connectivity index (χ1) is 9.50. The number of barbiturate groups is 1. The minimum Gasteiger partial charge on any atom is -0.277 e. The summed E-state index contributed by atoms with van der Waals surface area (Å²) in [6, 6.07) is 7.95. The van der Waals surface area contributed by atoms with Crippen molar-refractivity contribution >= 4 is 49.7 Å². The fourth-order valence-corrected chi connectivity index (χ4v) is 2.94. The van der Waals surface area contributed by atoms with E-state index in [0.29, 0.717) is 10.9 Å². The first-order valence-corrected chi connectivity index (χ1v) is 7.97. The van der Waals surface area contributed by atoms with E-state index in [1.165, 1.54) is 0 Å². The van der Waals surface area contributed by atoms with Crippen molar-refractivity contribution in [2.24, 2.45) is 0 Å². The third-order valence-electron chi connectivity index (χ3n) is 3.19. The summed E-state index contributed by atoms with van der Waals surface area (Å²) < 4.78 is 0. The van der Waals surface area contributed by atoms with Crippen LogP contribution in [0.4, 0.5) is 4.79 Å². The summed E-state index contributed by atoms with van der Waals surface area (Å²) in [5.74, 6) is -1.19. The molecule has 0 saturated carbocycles. The maximum absolute atomic E-state index is 12.4. The fourth-order valence-electron chi connectivity index (χ4n) is 2.23. The monoisotopic (exact) mass is 402 g/mol. The van der Waals surface area contributed by atoms with Crippen LogP contribution >= 0.6 is 31.9 Å². The minimum absolute atomic E-state index is 0.0904. The van der Waals surface area contributed by atoms with Crippen molar-refractivity contribution in [3.63, 3.8) is 0 Å². The van der Waals surface area contributed by atoms with E-state index >= 15 is 0 Å². The van der Waals surface area contributed by atoms with Gasteiger partial charge in [0.15, 0.2) is 5.41 Å². The average molecular weight is 404 g/mol. The van der Waals surface area contributed by atoms with Crippen LogP contribution in [0.5, 0.6) is 0 Å². The number of hydrogen-bond acceptors (Lipinski definition) is 3. The van der Waals surface area contributed by atoms with Crippen LogP contribution in [0.2, 0.25) is 0 Å². The third-order valence-corrected chi connectivity index (χ3v) is 5.49. The first-order valence-electron chi connectivity index (χ1n) is 5.93. The molecule has 1 aliphatic rings. The highest BCUT2D eigenvalue weighted by Gasteiger charge is 2.52. The zero-order valence-corrected chi connectivity index (χ0v) is 13.5. The van der Waals surface area contributed by atoms with E-state index in [9.17, 15) is 14.4 Å². The number of carbonyl (C=O) groups is 3. The van der Waals surface area contributed by atoms with Gasteiger partial charge >= 0.3 is 6.03 Å². The second kappa shape index (κ2) is 6.05. The molecule has 1 aromatic carbocycles. The number of hydrogen-bond donors (Lipinski definition) is 2. The summed E-state index contributed by atoms with van der Waals surface area (Å²) >= 11 is 6.74. The van der Waals surface area contributed by atoms with Crippen molar-refractivity contribution in [1.82, 2.24) is 10.6 Å². The summed E-state index contributed by atoms with van der Waals surface area (Å²) in [5, 5.41) is 4.94. The zero-order valence-electron chi connectivity index (χ0n) is 10.4. The van der Waals surface area contributed by atoms with E-state index < -0.39 is 23.3 Å². The molecule has 0 aliphatic carbocycles. The molecule has 1 aromatic rings. The number of benzene rings is 1. The number of alkyl halides is 2. The molecule has 1 heterocycles. The van der Waals surface area contributed by atoms with Crippen molar-refractivity contribution in [3.05, 3.63) is 35.9 Å². The molecule has 5 nitrogen and oxygen atoms in total. The van der Waals surface area contributed by atoms with E-state index in [-0.39, 0.29) is 11.2 Å². The lowest BCUT2D eigenvalue weighted by Gasteiger charge is -2.35. The lowest BCUT2D eigenvalue weighted by molar-refractivity contribution is -0.138. The van der Waals surface area contributed by atoms with Gasteiger partial charge in [0.1, 0.15) is 0 Å². The molecule has 4 amide bonds. The van der Waals surface area contributed by atoms with Gasteiger partial charge in [-0.15, -0.1) is 0 Å². The molecule has 106 valence electrons. The average Bonchev–Trinajstić information content (AvgIpc) is 2.43. The second-order valence-corrected chi connectivity index (χ2v) is 6.41. The summed E-state index contributed by atoms with van der Waals surface area (Å²) in [7, 11) is 0. The zero-order chi connectivity index (χ0) is 14.8. The smallest absolute Gasteiger partial charge is 0.277 e. The normalized spacial score (nSPS) is 19.2. The Labute approximate surface area is 132 Å². The largest absolute Gasteiger partial charge is 0.328 e. The number of nitrogens with one attached hydrogen (secondary N) is 2. The lowest BCUT2D eigenvalue weighted by atomic mass is 9.74. The molecule has 0 spiro atoms. The van der Waals surface area contributed by atoms with E-state index in [0.717, 1.165) is 0 Å². The van der Waals surface area contributed by atoms with Crippen molar-refractivity contribution in [2.45, 2.75) is 16.7 Å². The Morgan fingerprint density at radius 2 is 1.60 bits per heavy atom. The minimum atomic E-state index is -1.41. The van der Waals surface area contributed by atoms with E-state index in [1.54, 1.807) is 30.3 Å². The molecule has 1 atom stereocenters. The number of amides is 4. The SMILES string of the molecule is O=C1NC(=O)C(C[C@H](Br)CBr)(c2ccccc2)C(=O)N1. The van der Waals surface area contributed by atoms with Gasteiger partial charge in [-0.3, -0.25) is 20.2 Å². The molecule has 0 bridgehead atoms. The predicted molar refractivity (Wildman–Crippen MR) is 80.9 cm³/mol. The summed E-state index contributed by atoms with van der Waals surface area (Å²) in [6.45, 7) is 0. The number of urea groups is 1. The Bertz CT molecular complexity index is 528. The highest BCUT2D eigenvalue weighted by molar-refractivity contribution is 9.12. The van der Waals surface area contributed by atoms with Gasteiger partial charge in [-0.25, -0.2) is 4.79 Å². The Morgan fingerprint density at radius 3 is 2.10 bits per heavy atom. The molecule has 2 rings (SSSR count). The van der Waals surface area contributed by atoms with Gasteiger partial charge in [-0.2, -0.15) is 0 Å². The van der Waals surface area contributed by atoms with Crippen molar-refractivity contribution in [2.75, 3.05) is 5.33 Å². The summed E-state index contributed by atoms with van der Waals surface area (Å²) in [6.07, 6.45) is 0.243. The number of rotatable bonds is 4. The molecule has 0 unspecified atom stereocenters. The highest BCUT2D eigenvalue weighted by Crippen LogP contribution is 2.34. The van der Waals surface area contributed by atoms with E-state index in [4.69, 9.17) is 0 Å². The van der Waals surface area contributed by atoms with Crippen LogP contribution in [0, 0.1) is 0 Å². The fraction of sp³-hybridized carbons (Fsp3) is 0.308. The van der Waals surface area contributed by atoms with Gasteiger partial charge in [0.25, 0.3) is 0 Å². The van der Waals surface area contributed by atoms with E-state index in [2.05, 4.69) is 42.5 Å². The quantitative estimate of drug-likeness (QED) is 0.594. The first kappa shape index (κ1) is 15.2. The summed E-state index contributed by atoms with van der Waals surface area (Å²) in [5.41, 5.74) is -0.843. The number of halogens is 2. The van der Waals surface area contributed by atoms with Crippen LogP contribution in [0.25, 0.3) is 0 Å². The number of carbonyl (C=O) groups excluding carboxylic acids is 3. The molecule has 7 heteroatoms. The van der Waals surface area contributed by atoms with Gasteiger partial charge < -0.3 is 0 Å². The summed E-state index contributed by atoms with van der Waals surface area (Å²) in [4.78, 5) is 35.9. The Hall–Kier alpha value is -1.21. The molecule has 1 saturated heterocycles. The molecular formula is C13H12Br2N2O3. The van der Waals surface area contributed by atoms with Gasteiger partial charge in [0.2, 0.25) is 11.8 Å². The Kier molecular flexibility index (Phi) is 4.59. The van der Waals surface area contributed by atoms with E-state index in [1.807, 2.05) is 0 Å². The molecule has 0 radical (unpaired) electrons. The number of imide groups is 2. The third kappa shape index (κ3) is 2.64. The van der Waals surface area contributed by atoms with Crippen molar-refractivity contribution in [1.29, 1.82) is 0 Å². The standard InChI is InChI=1S/C13H12Br2N2O3/c14-7-9(15)6-13(8-4-2-1-3-5-8)10(18)16-12(20)17-11(13)19/h1-5,9H,6-7H2,(H2,16,17,18,19,20)/t9-/m0/s1. The maximum atomic E-state index is 12.4. The van der Waals surface area contributed by atoms with Crippen molar-refractivity contribution in [3.8, 4) is 0 Å². The molecule has 1 fully saturated rings. The van der Waals surface area contributed by atoms with Crippen LogP contribution in [0.3, 0.4) is 0 Å². The van der Waals surface area contributed by atoms with Crippen LogP contribution in [0.1, 0.15) is 12.0 Å². The Balaban J connectivity index is 2.51. The van der Waals surface area contributed by atoms with Crippen molar-refractivity contribution < 1.29 is 14.4 Å². The molecular weight excluding hydrogens is 392 g/mol. The molecule has 1 aliphatic heterocycles. The molecule has 20 heavy (non-hydrogen) atoms. The predicted octanol–water partition coefficient (Wildman–Crippen LogP) is 1.84. The highest BCUT2D eigenvalue weighted by atomic mass is 79.9. The lowest BCUT2D eigenvalue weighted by Crippen LogP contribution is -2.65. The van der Waals surface area contributed by atoms with Crippen LogP contribution in [0.15, 0.2) is 30.3 Å². The Morgan fingerprint density at radius 1 is 1.05 bits per heavy atom. The van der Waals surface area contributed by atoms with Crippen LogP contribution in [-0.2, 0) is 15.0 Å². The van der Waals surface area contributed by atoms with Crippen LogP contribution < -0.4 is 10.6 Å². The van der Waals surface area contributed by atoms with Gasteiger partial charge in [-0.1, -0.05) is 62.2 Å². The van der Waals surface area contributed by atoms with Gasteiger partial charge in [-0.05, 0) is 12.0 Å².